The van der Waals surface area contributed by atoms with Crippen molar-refractivity contribution in [3.05, 3.63) is 0 Å². The van der Waals surface area contributed by atoms with Crippen molar-refractivity contribution in [3.8, 4) is 0 Å². The predicted octanol–water partition coefficient (Wildman–Crippen LogP) is 4.45. The van der Waals surface area contributed by atoms with Crippen LogP contribution in [0, 0.1) is 0 Å². The Kier molecular flexibility index (Phi) is 10.7. The molecular weight excluding hydrogens is 304 g/mol. The molecule has 0 aromatic heterocycles. The van der Waals surface area contributed by atoms with Crippen LogP contribution in [0.15, 0.2) is 0 Å². The standard InChI is InChI=1S/C15H26N2O3.2C2H6/c1-15(2,3)20-14(19)16-10-7-12(8-11-16)17-9-5-4-6-13(17)18;2*1-2/h12H,4-11H2,1-3H3;2*1-2H3. The Bertz CT molecular complexity index is 369. The van der Waals surface area contributed by atoms with Crippen LogP contribution in [0.2, 0.25) is 0 Å². The highest BCUT2D eigenvalue weighted by Gasteiger charge is 2.32. The van der Waals surface area contributed by atoms with E-state index in [0.29, 0.717) is 25.6 Å². The smallest absolute Gasteiger partial charge is 0.410 e. The molecule has 0 bridgehead atoms. The van der Waals surface area contributed by atoms with E-state index in [1.807, 2.05) is 53.4 Å². The highest BCUT2D eigenvalue weighted by Crippen LogP contribution is 2.22. The monoisotopic (exact) mass is 342 g/mol. The first-order chi connectivity index (χ1) is 11.4. The molecule has 0 atom stereocenters. The number of hydrogen-bond donors (Lipinski definition) is 0. The highest BCUT2D eigenvalue weighted by atomic mass is 16.6. The van der Waals surface area contributed by atoms with Gasteiger partial charge in [-0.25, -0.2) is 4.79 Å². The minimum Gasteiger partial charge on any atom is -0.444 e. The number of carbonyl (C=O) groups excluding carboxylic acids is 2. The lowest BCUT2D eigenvalue weighted by atomic mass is 10.00. The first kappa shape index (κ1) is 22.7. The van der Waals surface area contributed by atoms with E-state index in [-0.39, 0.29) is 12.0 Å². The van der Waals surface area contributed by atoms with Crippen LogP contribution in [-0.2, 0) is 9.53 Å². The first-order valence-corrected chi connectivity index (χ1v) is 9.64. The molecule has 2 heterocycles. The molecule has 2 aliphatic heterocycles. The number of nitrogens with zero attached hydrogens (tertiary/aromatic N) is 2. The molecule has 5 nitrogen and oxygen atoms in total. The van der Waals surface area contributed by atoms with E-state index in [1.165, 1.54) is 0 Å². The van der Waals surface area contributed by atoms with E-state index < -0.39 is 5.60 Å². The van der Waals surface area contributed by atoms with Crippen molar-refractivity contribution >= 4 is 12.0 Å². The Morgan fingerprint density at radius 3 is 2.00 bits per heavy atom. The van der Waals surface area contributed by atoms with Crippen molar-refractivity contribution in [2.45, 2.75) is 92.2 Å². The van der Waals surface area contributed by atoms with Gasteiger partial charge in [-0.05, 0) is 46.5 Å². The molecule has 2 fully saturated rings. The molecule has 24 heavy (non-hydrogen) atoms. The van der Waals surface area contributed by atoms with Crippen LogP contribution in [-0.4, -0.2) is 53.1 Å². The zero-order valence-electron chi connectivity index (χ0n) is 16.9. The van der Waals surface area contributed by atoms with E-state index in [0.717, 1.165) is 32.2 Å². The maximum atomic E-state index is 12.0. The number of carbonyl (C=O) groups is 2. The van der Waals surface area contributed by atoms with Gasteiger partial charge in [0.1, 0.15) is 5.60 Å². The molecule has 2 aliphatic rings. The molecular formula is C19H38N2O3. The maximum absolute atomic E-state index is 12.0. The van der Waals surface area contributed by atoms with E-state index in [1.54, 1.807) is 4.90 Å². The molecule has 0 spiro atoms. The Morgan fingerprint density at radius 2 is 1.54 bits per heavy atom. The van der Waals surface area contributed by atoms with E-state index in [4.69, 9.17) is 4.74 Å². The van der Waals surface area contributed by atoms with Gasteiger partial charge < -0.3 is 14.5 Å². The van der Waals surface area contributed by atoms with Gasteiger partial charge in [-0.1, -0.05) is 27.7 Å². The summed E-state index contributed by atoms with van der Waals surface area (Å²) in [7, 11) is 0. The van der Waals surface area contributed by atoms with Crippen molar-refractivity contribution in [1.29, 1.82) is 0 Å². The average Bonchev–Trinajstić information content (AvgIpc) is 2.58. The number of piperidine rings is 2. The second-order valence-electron chi connectivity index (χ2n) is 6.74. The summed E-state index contributed by atoms with van der Waals surface area (Å²) in [6.45, 7) is 15.9. The summed E-state index contributed by atoms with van der Waals surface area (Å²) >= 11 is 0. The Hall–Kier alpha value is -1.26. The van der Waals surface area contributed by atoms with Crippen LogP contribution < -0.4 is 0 Å². The highest BCUT2D eigenvalue weighted by molar-refractivity contribution is 5.77. The lowest BCUT2D eigenvalue weighted by Crippen LogP contribution is -2.50. The lowest BCUT2D eigenvalue weighted by Gasteiger charge is -2.40. The zero-order valence-corrected chi connectivity index (χ0v) is 16.9. The molecule has 2 amide bonds. The average molecular weight is 343 g/mol. The lowest BCUT2D eigenvalue weighted by molar-refractivity contribution is -0.136. The normalized spacial score (nSPS) is 18.9. The summed E-state index contributed by atoms with van der Waals surface area (Å²) in [6.07, 6.45) is 4.31. The van der Waals surface area contributed by atoms with Crippen LogP contribution in [0.5, 0.6) is 0 Å². The van der Waals surface area contributed by atoms with E-state index in [9.17, 15) is 9.59 Å². The molecule has 0 aliphatic carbocycles. The number of ether oxygens (including phenoxy) is 1. The summed E-state index contributed by atoms with van der Waals surface area (Å²) < 4.78 is 5.39. The minimum atomic E-state index is -0.448. The van der Waals surface area contributed by atoms with Gasteiger partial charge in [0.05, 0.1) is 0 Å². The van der Waals surface area contributed by atoms with Gasteiger partial charge in [-0.15, -0.1) is 0 Å². The molecule has 0 unspecified atom stereocenters. The van der Waals surface area contributed by atoms with Crippen LogP contribution >= 0.6 is 0 Å². The first-order valence-electron chi connectivity index (χ1n) is 9.64. The fourth-order valence-corrected chi connectivity index (χ4v) is 2.90. The molecule has 5 heteroatoms. The summed E-state index contributed by atoms with van der Waals surface area (Å²) in [6, 6.07) is 0.307. The second kappa shape index (κ2) is 11.3. The molecule has 142 valence electrons. The molecule has 2 saturated heterocycles. The number of hydrogen-bond acceptors (Lipinski definition) is 3. The molecule has 0 aromatic carbocycles. The Labute approximate surface area is 148 Å². The number of rotatable bonds is 1. The van der Waals surface area contributed by atoms with Crippen molar-refractivity contribution < 1.29 is 14.3 Å². The molecule has 0 radical (unpaired) electrons. The fraction of sp³-hybridized carbons (Fsp3) is 0.895. The largest absolute Gasteiger partial charge is 0.444 e. The summed E-state index contributed by atoms with van der Waals surface area (Å²) in [5, 5.41) is 0. The van der Waals surface area contributed by atoms with Gasteiger partial charge in [0, 0.05) is 32.1 Å². The number of likely N-dealkylation sites (tertiary alicyclic amines) is 2. The van der Waals surface area contributed by atoms with Crippen LogP contribution in [0.25, 0.3) is 0 Å². The van der Waals surface area contributed by atoms with E-state index in [2.05, 4.69) is 0 Å². The Morgan fingerprint density at radius 1 is 1.00 bits per heavy atom. The Balaban J connectivity index is 0.00000123. The van der Waals surface area contributed by atoms with Crippen LogP contribution in [0.4, 0.5) is 4.79 Å². The van der Waals surface area contributed by atoms with Gasteiger partial charge in [0.2, 0.25) is 5.91 Å². The summed E-state index contributed by atoms with van der Waals surface area (Å²) in [5.41, 5.74) is -0.448. The molecule has 0 saturated carbocycles. The molecule has 0 N–H and O–H groups in total. The SMILES string of the molecule is CC.CC.CC(C)(C)OC(=O)N1CCC(N2CCCCC2=O)CC1. The molecule has 0 aromatic rings. The van der Waals surface area contributed by atoms with E-state index >= 15 is 0 Å². The predicted molar refractivity (Wildman–Crippen MR) is 99.1 cm³/mol. The van der Waals surface area contributed by atoms with Gasteiger partial charge in [-0.3, -0.25) is 4.79 Å². The van der Waals surface area contributed by atoms with Gasteiger partial charge in [0.15, 0.2) is 0 Å². The van der Waals surface area contributed by atoms with Crippen molar-refractivity contribution in [2.75, 3.05) is 19.6 Å². The summed E-state index contributed by atoms with van der Waals surface area (Å²) in [4.78, 5) is 27.7. The topological polar surface area (TPSA) is 49.9 Å². The third kappa shape index (κ3) is 7.54. The quantitative estimate of drug-likeness (QED) is 0.707. The fourth-order valence-electron chi connectivity index (χ4n) is 2.90. The van der Waals surface area contributed by atoms with Crippen LogP contribution in [0.3, 0.4) is 0 Å². The zero-order chi connectivity index (χ0) is 18.8. The van der Waals surface area contributed by atoms with Gasteiger partial charge >= 0.3 is 6.09 Å². The van der Waals surface area contributed by atoms with Crippen molar-refractivity contribution in [1.82, 2.24) is 9.80 Å². The molecule has 2 rings (SSSR count). The second-order valence-corrected chi connectivity index (χ2v) is 6.74. The number of amides is 2. The maximum Gasteiger partial charge on any atom is 0.410 e. The van der Waals surface area contributed by atoms with Crippen molar-refractivity contribution in [2.24, 2.45) is 0 Å². The third-order valence-corrected chi connectivity index (χ3v) is 3.92. The van der Waals surface area contributed by atoms with Crippen molar-refractivity contribution in [3.63, 3.8) is 0 Å². The van der Waals surface area contributed by atoms with Gasteiger partial charge in [0.25, 0.3) is 0 Å². The summed E-state index contributed by atoms with van der Waals surface area (Å²) in [5.74, 6) is 0.284. The van der Waals surface area contributed by atoms with Gasteiger partial charge in [-0.2, -0.15) is 0 Å². The van der Waals surface area contributed by atoms with Crippen LogP contribution in [0.1, 0.15) is 80.6 Å². The third-order valence-electron chi connectivity index (χ3n) is 3.92. The minimum absolute atomic E-state index is 0.235.